The molecule has 0 aromatic heterocycles. The van der Waals surface area contributed by atoms with Gasteiger partial charge in [-0.1, -0.05) is 25.3 Å². The normalized spacial score (nSPS) is 12.7. The van der Waals surface area contributed by atoms with Gasteiger partial charge in [0.2, 0.25) is 0 Å². The van der Waals surface area contributed by atoms with Crippen LogP contribution in [-0.4, -0.2) is 44.2 Å². The quantitative estimate of drug-likeness (QED) is 0.205. The zero-order valence-corrected chi connectivity index (χ0v) is 18.4. The van der Waals surface area contributed by atoms with Crippen LogP contribution < -0.4 is 4.74 Å². The fourth-order valence-corrected chi connectivity index (χ4v) is 2.17. The number of hydrogen-bond donors (Lipinski definition) is 0. The summed E-state index contributed by atoms with van der Waals surface area (Å²) in [6.07, 6.45) is -1.09. The van der Waals surface area contributed by atoms with Gasteiger partial charge in [-0.15, -0.1) is 0 Å². The number of esters is 2. The van der Waals surface area contributed by atoms with Crippen molar-refractivity contribution < 1.29 is 33.3 Å². The minimum absolute atomic E-state index is 0.00584. The molecule has 0 aliphatic rings. The third-order valence-corrected chi connectivity index (χ3v) is 3.75. The number of carbonyl (C=O) groups is 2. The Kier molecular flexibility index (Phi) is 10.9. The molecule has 0 N–H and O–H groups in total. The number of ether oxygens (including phenoxy) is 5. The molecule has 2 atom stereocenters. The number of carbonyl (C=O) groups excluding carboxylic acids is 2. The first kappa shape index (κ1) is 25.4. The third kappa shape index (κ3) is 9.71. The van der Waals surface area contributed by atoms with Gasteiger partial charge >= 0.3 is 11.9 Å². The summed E-state index contributed by atoms with van der Waals surface area (Å²) >= 11 is 0. The van der Waals surface area contributed by atoms with E-state index in [1.807, 2.05) is 13.8 Å². The van der Waals surface area contributed by atoms with Gasteiger partial charge in [0.1, 0.15) is 12.4 Å². The SMILES string of the molecule is C=C(C)C(=O)OCCOC(C)Oc1ccc(C(COC(C)C)OC(=O)C(=C)C)cc1. The van der Waals surface area contributed by atoms with Crippen LogP contribution in [-0.2, 0) is 28.5 Å². The highest BCUT2D eigenvalue weighted by atomic mass is 16.7. The zero-order valence-electron chi connectivity index (χ0n) is 18.4. The molecular weight excluding hydrogens is 388 g/mol. The first-order valence-corrected chi connectivity index (χ1v) is 9.79. The average Bonchev–Trinajstić information content (AvgIpc) is 2.68. The number of rotatable bonds is 13. The molecule has 0 bridgehead atoms. The van der Waals surface area contributed by atoms with Gasteiger partial charge in [-0.05, 0) is 52.3 Å². The highest BCUT2D eigenvalue weighted by Crippen LogP contribution is 2.23. The van der Waals surface area contributed by atoms with E-state index in [9.17, 15) is 9.59 Å². The van der Waals surface area contributed by atoms with Gasteiger partial charge in [-0.3, -0.25) is 0 Å². The Hall–Kier alpha value is -2.64. The molecule has 1 aromatic rings. The van der Waals surface area contributed by atoms with Crippen molar-refractivity contribution in [2.45, 2.75) is 53.1 Å². The maximum absolute atomic E-state index is 11.9. The summed E-state index contributed by atoms with van der Waals surface area (Å²) in [5.41, 5.74) is 1.44. The largest absolute Gasteiger partial charge is 0.465 e. The number of benzene rings is 1. The molecule has 7 nitrogen and oxygen atoms in total. The zero-order chi connectivity index (χ0) is 22.7. The van der Waals surface area contributed by atoms with Crippen LogP contribution in [0.1, 0.15) is 46.3 Å². The Bertz CT molecular complexity index is 722. The minimum Gasteiger partial charge on any atom is -0.465 e. The van der Waals surface area contributed by atoms with Crippen molar-refractivity contribution >= 4 is 11.9 Å². The second-order valence-corrected chi connectivity index (χ2v) is 7.10. The number of hydrogen-bond acceptors (Lipinski definition) is 7. The van der Waals surface area contributed by atoms with Crippen molar-refractivity contribution in [2.75, 3.05) is 19.8 Å². The lowest BCUT2D eigenvalue weighted by Crippen LogP contribution is -2.20. The van der Waals surface area contributed by atoms with E-state index in [1.54, 1.807) is 45.0 Å². The van der Waals surface area contributed by atoms with E-state index in [2.05, 4.69) is 13.2 Å². The van der Waals surface area contributed by atoms with E-state index in [-0.39, 0.29) is 25.9 Å². The fourth-order valence-electron chi connectivity index (χ4n) is 2.17. The van der Waals surface area contributed by atoms with Gasteiger partial charge < -0.3 is 23.7 Å². The first-order valence-electron chi connectivity index (χ1n) is 9.79. The van der Waals surface area contributed by atoms with Crippen molar-refractivity contribution in [3.8, 4) is 5.75 Å². The Balaban J connectivity index is 2.61. The van der Waals surface area contributed by atoms with Gasteiger partial charge in [0, 0.05) is 11.1 Å². The average molecular weight is 421 g/mol. The smallest absolute Gasteiger partial charge is 0.333 e. The summed E-state index contributed by atoms with van der Waals surface area (Å²) in [5, 5.41) is 0. The summed E-state index contributed by atoms with van der Waals surface area (Å²) in [5.74, 6) is -0.340. The third-order valence-electron chi connectivity index (χ3n) is 3.75. The molecule has 0 radical (unpaired) electrons. The van der Waals surface area contributed by atoms with E-state index in [0.29, 0.717) is 16.9 Å². The van der Waals surface area contributed by atoms with Crippen LogP contribution in [0.3, 0.4) is 0 Å². The Morgan fingerprint density at radius 2 is 1.50 bits per heavy atom. The second-order valence-electron chi connectivity index (χ2n) is 7.10. The molecule has 0 spiro atoms. The summed E-state index contributed by atoms with van der Waals surface area (Å²) in [7, 11) is 0. The molecule has 1 rings (SSSR count). The summed E-state index contributed by atoms with van der Waals surface area (Å²) in [4.78, 5) is 23.2. The van der Waals surface area contributed by atoms with Crippen molar-refractivity contribution in [3.05, 3.63) is 54.1 Å². The lowest BCUT2D eigenvalue weighted by Gasteiger charge is -2.21. The van der Waals surface area contributed by atoms with E-state index in [0.717, 1.165) is 5.56 Å². The van der Waals surface area contributed by atoms with Crippen LogP contribution in [0.15, 0.2) is 48.6 Å². The molecule has 0 saturated carbocycles. The van der Waals surface area contributed by atoms with Crippen LogP contribution >= 0.6 is 0 Å². The lowest BCUT2D eigenvalue weighted by atomic mass is 10.1. The molecule has 2 unspecified atom stereocenters. The van der Waals surface area contributed by atoms with Crippen LogP contribution in [0, 0.1) is 0 Å². The maximum Gasteiger partial charge on any atom is 0.333 e. The lowest BCUT2D eigenvalue weighted by molar-refractivity contribution is -0.148. The van der Waals surface area contributed by atoms with E-state index in [1.165, 1.54) is 0 Å². The minimum atomic E-state index is -0.553. The van der Waals surface area contributed by atoms with E-state index >= 15 is 0 Å². The Morgan fingerprint density at radius 3 is 2.03 bits per heavy atom. The molecule has 0 fully saturated rings. The molecule has 0 aliphatic heterocycles. The van der Waals surface area contributed by atoms with Crippen molar-refractivity contribution in [2.24, 2.45) is 0 Å². The topological polar surface area (TPSA) is 80.3 Å². The molecule has 0 aliphatic carbocycles. The van der Waals surface area contributed by atoms with Gasteiger partial charge in [0.15, 0.2) is 12.4 Å². The van der Waals surface area contributed by atoms with Crippen molar-refractivity contribution in [3.63, 3.8) is 0 Å². The van der Waals surface area contributed by atoms with Crippen LogP contribution in [0.5, 0.6) is 5.75 Å². The molecular formula is C23H32O7. The van der Waals surface area contributed by atoms with Crippen LogP contribution in [0.25, 0.3) is 0 Å². The molecule has 7 heteroatoms. The van der Waals surface area contributed by atoms with E-state index < -0.39 is 24.3 Å². The fraction of sp³-hybridized carbons (Fsp3) is 0.478. The monoisotopic (exact) mass is 420 g/mol. The molecule has 166 valence electrons. The Morgan fingerprint density at radius 1 is 0.900 bits per heavy atom. The van der Waals surface area contributed by atoms with Crippen molar-refractivity contribution in [1.29, 1.82) is 0 Å². The van der Waals surface area contributed by atoms with Crippen molar-refractivity contribution in [1.82, 2.24) is 0 Å². The van der Waals surface area contributed by atoms with Gasteiger partial charge in [-0.2, -0.15) is 0 Å². The highest BCUT2D eigenvalue weighted by Gasteiger charge is 2.19. The predicted molar refractivity (Wildman–Crippen MR) is 113 cm³/mol. The summed E-state index contributed by atoms with van der Waals surface area (Å²) < 4.78 is 27.2. The van der Waals surface area contributed by atoms with Gasteiger partial charge in [0.25, 0.3) is 0 Å². The van der Waals surface area contributed by atoms with E-state index in [4.69, 9.17) is 23.7 Å². The molecule has 0 amide bonds. The van der Waals surface area contributed by atoms with Crippen LogP contribution in [0.2, 0.25) is 0 Å². The molecule has 30 heavy (non-hydrogen) atoms. The Labute approximate surface area is 178 Å². The summed E-state index contributed by atoms with van der Waals surface area (Å²) in [6.45, 7) is 16.4. The van der Waals surface area contributed by atoms with Gasteiger partial charge in [-0.25, -0.2) is 9.59 Å². The first-order chi connectivity index (χ1) is 14.1. The second kappa shape index (κ2) is 12.8. The summed E-state index contributed by atoms with van der Waals surface area (Å²) in [6, 6.07) is 7.12. The van der Waals surface area contributed by atoms with Crippen LogP contribution in [0.4, 0.5) is 0 Å². The highest BCUT2D eigenvalue weighted by molar-refractivity contribution is 5.87. The van der Waals surface area contributed by atoms with Gasteiger partial charge in [0.05, 0.1) is 19.3 Å². The maximum atomic E-state index is 11.9. The standard InChI is InChI=1S/C23H32O7/c1-15(2)22(24)27-13-12-26-18(7)29-20-10-8-19(9-11-20)21(14-28-17(5)6)30-23(25)16(3)4/h8-11,17-18,21H,1,3,12-14H2,2,4-7H3. The molecule has 0 saturated heterocycles. The molecule has 0 heterocycles. The predicted octanol–water partition coefficient (Wildman–Crippen LogP) is 4.13. The molecule has 1 aromatic carbocycles.